The molecule has 1 N–H and O–H groups in total. The Morgan fingerprint density at radius 2 is 1.75 bits per heavy atom. The SMILES string of the molecule is Cn1c(C(=O)Nc2cccc(-c3ccccc3C(F)(F)F)c2)cc2cc([N+](=O)[O-])ccc21. The fraction of sp³-hybridized carbons (Fsp3) is 0.0870. The number of nitro groups is 1. The number of nitrogens with one attached hydrogen (secondary N) is 1. The smallest absolute Gasteiger partial charge is 0.340 e. The predicted molar refractivity (Wildman–Crippen MR) is 114 cm³/mol. The fourth-order valence-electron chi connectivity index (χ4n) is 3.61. The molecule has 32 heavy (non-hydrogen) atoms. The number of anilines is 1. The summed E-state index contributed by atoms with van der Waals surface area (Å²) in [5, 5.41) is 14.2. The van der Waals surface area contributed by atoms with E-state index in [4.69, 9.17) is 0 Å². The second-order valence-electron chi connectivity index (χ2n) is 7.17. The lowest BCUT2D eigenvalue weighted by Crippen LogP contribution is -2.15. The zero-order chi connectivity index (χ0) is 23.0. The van der Waals surface area contributed by atoms with Crippen LogP contribution >= 0.6 is 0 Å². The van der Waals surface area contributed by atoms with Crippen LogP contribution in [0.2, 0.25) is 0 Å². The molecule has 0 fully saturated rings. The van der Waals surface area contributed by atoms with Crippen LogP contribution in [0.25, 0.3) is 22.0 Å². The molecule has 0 bridgehead atoms. The lowest BCUT2D eigenvalue weighted by Gasteiger charge is -2.14. The van der Waals surface area contributed by atoms with Gasteiger partial charge in [0.25, 0.3) is 11.6 Å². The molecule has 162 valence electrons. The minimum atomic E-state index is -4.51. The number of rotatable bonds is 4. The average Bonchev–Trinajstić information content (AvgIpc) is 3.09. The molecule has 1 aromatic heterocycles. The summed E-state index contributed by atoms with van der Waals surface area (Å²) in [7, 11) is 1.65. The zero-order valence-electron chi connectivity index (χ0n) is 16.7. The van der Waals surface area contributed by atoms with Crippen molar-refractivity contribution < 1.29 is 22.9 Å². The molecule has 0 unspecified atom stereocenters. The number of nitrogens with zero attached hydrogens (tertiary/aromatic N) is 2. The molecule has 6 nitrogen and oxygen atoms in total. The first-order valence-corrected chi connectivity index (χ1v) is 9.47. The van der Waals surface area contributed by atoms with Gasteiger partial charge in [-0.2, -0.15) is 13.2 Å². The number of carbonyl (C=O) groups is 1. The first kappa shape index (κ1) is 21.1. The van der Waals surface area contributed by atoms with Crippen molar-refractivity contribution >= 4 is 28.2 Å². The second-order valence-corrected chi connectivity index (χ2v) is 7.17. The molecule has 0 aliphatic rings. The summed E-state index contributed by atoms with van der Waals surface area (Å²) >= 11 is 0. The van der Waals surface area contributed by atoms with Crippen molar-refractivity contribution in [2.75, 3.05) is 5.32 Å². The van der Waals surface area contributed by atoms with Crippen molar-refractivity contribution in [2.45, 2.75) is 6.18 Å². The van der Waals surface area contributed by atoms with E-state index in [9.17, 15) is 28.1 Å². The van der Waals surface area contributed by atoms with E-state index in [1.807, 2.05) is 0 Å². The third-order valence-electron chi connectivity index (χ3n) is 5.13. The number of fused-ring (bicyclic) bond motifs is 1. The van der Waals surface area contributed by atoms with E-state index >= 15 is 0 Å². The highest BCUT2D eigenvalue weighted by Crippen LogP contribution is 2.37. The number of non-ortho nitro benzene ring substituents is 1. The van der Waals surface area contributed by atoms with E-state index in [2.05, 4.69) is 5.32 Å². The maximum absolute atomic E-state index is 13.4. The van der Waals surface area contributed by atoms with Gasteiger partial charge < -0.3 is 9.88 Å². The predicted octanol–water partition coefficient (Wildman–Crippen LogP) is 6.02. The number of carbonyl (C=O) groups excluding carboxylic acids is 1. The van der Waals surface area contributed by atoms with Crippen molar-refractivity contribution in [3.8, 4) is 11.1 Å². The van der Waals surface area contributed by atoms with Gasteiger partial charge in [0.1, 0.15) is 5.69 Å². The Kier molecular flexibility index (Phi) is 5.17. The Morgan fingerprint density at radius 3 is 2.47 bits per heavy atom. The van der Waals surface area contributed by atoms with Crippen LogP contribution in [0, 0.1) is 10.1 Å². The van der Waals surface area contributed by atoms with Gasteiger partial charge in [0, 0.05) is 35.8 Å². The Bertz CT molecular complexity index is 1360. The number of nitro benzene ring substituents is 1. The number of alkyl halides is 3. The number of aryl methyl sites for hydroxylation is 1. The number of amides is 1. The Hall–Kier alpha value is -4.14. The van der Waals surface area contributed by atoms with E-state index in [1.54, 1.807) is 29.8 Å². The van der Waals surface area contributed by atoms with Crippen LogP contribution in [-0.4, -0.2) is 15.4 Å². The molecule has 1 amide bonds. The number of benzene rings is 3. The van der Waals surface area contributed by atoms with Gasteiger partial charge in [-0.25, -0.2) is 0 Å². The summed E-state index contributed by atoms with van der Waals surface area (Å²) in [5.74, 6) is -0.493. The van der Waals surface area contributed by atoms with Crippen molar-refractivity contribution in [1.82, 2.24) is 4.57 Å². The quantitative estimate of drug-likeness (QED) is 0.312. The van der Waals surface area contributed by atoms with Gasteiger partial charge in [-0.3, -0.25) is 14.9 Å². The summed E-state index contributed by atoms with van der Waals surface area (Å²) in [6.45, 7) is 0. The first-order valence-electron chi connectivity index (χ1n) is 9.47. The number of aromatic nitrogens is 1. The molecule has 0 atom stereocenters. The molecule has 4 aromatic rings. The van der Waals surface area contributed by atoms with E-state index in [0.717, 1.165) is 6.07 Å². The van der Waals surface area contributed by atoms with Crippen LogP contribution in [0.1, 0.15) is 16.1 Å². The number of hydrogen-bond donors (Lipinski definition) is 1. The third-order valence-corrected chi connectivity index (χ3v) is 5.13. The highest BCUT2D eigenvalue weighted by Gasteiger charge is 2.33. The maximum atomic E-state index is 13.4. The van der Waals surface area contributed by atoms with Gasteiger partial charge in [0.2, 0.25) is 0 Å². The lowest BCUT2D eigenvalue weighted by molar-refractivity contribution is -0.384. The molecule has 0 spiro atoms. The zero-order valence-corrected chi connectivity index (χ0v) is 16.7. The lowest BCUT2D eigenvalue weighted by atomic mass is 9.99. The van der Waals surface area contributed by atoms with Gasteiger partial charge >= 0.3 is 6.18 Å². The summed E-state index contributed by atoms with van der Waals surface area (Å²) in [4.78, 5) is 23.3. The largest absolute Gasteiger partial charge is 0.417 e. The molecule has 0 saturated carbocycles. The molecule has 0 radical (unpaired) electrons. The number of halogens is 3. The Labute approximate surface area is 180 Å². The van der Waals surface area contributed by atoms with Crippen molar-refractivity contribution in [3.05, 3.63) is 94.2 Å². The molecule has 3 aromatic carbocycles. The van der Waals surface area contributed by atoms with E-state index < -0.39 is 22.6 Å². The molecule has 1 heterocycles. The topological polar surface area (TPSA) is 77.2 Å². The van der Waals surface area contributed by atoms with Crippen LogP contribution in [-0.2, 0) is 13.2 Å². The van der Waals surface area contributed by atoms with Crippen LogP contribution in [0.5, 0.6) is 0 Å². The highest BCUT2D eigenvalue weighted by molar-refractivity contribution is 6.06. The minimum absolute atomic E-state index is 0.00742. The molecule has 0 saturated heterocycles. The van der Waals surface area contributed by atoms with Gasteiger partial charge in [-0.15, -0.1) is 0 Å². The van der Waals surface area contributed by atoms with Gasteiger partial charge in [-0.05, 0) is 41.5 Å². The number of hydrogen-bond acceptors (Lipinski definition) is 3. The van der Waals surface area contributed by atoms with Gasteiger partial charge in [0.05, 0.1) is 10.5 Å². The highest BCUT2D eigenvalue weighted by atomic mass is 19.4. The maximum Gasteiger partial charge on any atom is 0.417 e. The van der Waals surface area contributed by atoms with Gasteiger partial charge in [0.15, 0.2) is 0 Å². The summed E-state index contributed by atoms with van der Waals surface area (Å²) < 4.78 is 41.7. The van der Waals surface area contributed by atoms with E-state index in [0.29, 0.717) is 22.2 Å². The average molecular weight is 439 g/mol. The molecule has 9 heteroatoms. The van der Waals surface area contributed by atoms with Crippen LogP contribution in [0.15, 0.2) is 72.8 Å². The molecule has 0 aliphatic heterocycles. The summed E-state index contributed by atoms with van der Waals surface area (Å²) in [5.41, 5.74) is 0.664. The standard InChI is InChI=1S/C23H16F3N3O3/c1-28-20-10-9-17(29(31)32)12-15(20)13-21(28)22(30)27-16-6-4-5-14(11-16)18-7-2-3-8-19(18)23(24,25)26/h2-13H,1H3,(H,27,30). The normalized spacial score (nSPS) is 11.5. The van der Waals surface area contributed by atoms with Crippen molar-refractivity contribution in [2.24, 2.45) is 7.05 Å². The summed E-state index contributed by atoms with van der Waals surface area (Å²) in [6.07, 6.45) is -4.51. The van der Waals surface area contributed by atoms with Crippen LogP contribution in [0.3, 0.4) is 0 Å². The third kappa shape index (κ3) is 3.92. The van der Waals surface area contributed by atoms with Crippen molar-refractivity contribution in [3.63, 3.8) is 0 Å². The van der Waals surface area contributed by atoms with Crippen LogP contribution in [0.4, 0.5) is 24.5 Å². The molecular formula is C23H16F3N3O3. The Morgan fingerprint density at radius 1 is 1.00 bits per heavy atom. The molecule has 4 rings (SSSR count). The minimum Gasteiger partial charge on any atom is -0.340 e. The summed E-state index contributed by atoms with van der Waals surface area (Å²) in [6, 6.07) is 17.2. The van der Waals surface area contributed by atoms with E-state index in [1.165, 1.54) is 48.5 Å². The molecular weight excluding hydrogens is 423 g/mol. The Balaban J connectivity index is 1.66. The van der Waals surface area contributed by atoms with Gasteiger partial charge in [-0.1, -0.05) is 30.3 Å². The van der Waals surface area contributed by atoms with Crippen molar-refractivity contribution in [1.29, 1.82) is 0 Å². The van der Waals surface area contributed by atoms with Crippen LogP contribution < -0.4 is 5.32 Å². The monoisotopic (exact) mass is 439 g/mol. The first-order chi connectivity index (χ1) is 15.1. The second kappa shape index (κ2) is 7.84. The fourth-order valence-corrected chi connectivity index (χ4v) is 3.61. The molecule has 0 aliphatic carbocycles. The van der Waals surface area contributed by atoms with E-state index in [-0.39, 0.29) is 16.9 Å².